The third kappa shape index (κ3) is 1.89. The highest BCUT2D eigenvalue weighted by Crippen LogP contribution is 2.31. The summed E-state index contributed by atoms with van der Waals surface area (Å²) in [5.41, 5.74) is 0.225. The molecule has 0 saturated heterocycles. The molecule has 0 bridgehead atoms. The van der Waals surface area contributed by atoms with Gasteiger partial charge < -0.3 is 0 Å². The summed E-state index contributed by atoms with van der Waals surface area (Å²) in [5.74, 6) is 0. The van der Waals surface area contributed by atoms with Gasteiger partial charge in [-0.2, -0.15) is 0 Å². The maximum atomic E-state index is 10.6. The van der Waals surface area contributed by atoms with Crippen LogP contribution in [0.25, 0.3) is 0 Å². The zero-order valence-corrected chi connectivity index (χ0v) is 8.26. The lowest BCUT2D eigenvalue weighted by molar-refractivity contribution is -0.385. The van der Waals surface area contributed by atoms with Crippen LogP contribution in [0.2, 0.25) is 10.2 Å². The number of hydrogen-bond acceptors (Lipinski definition) is 3. The average Bonchev–Trinajstić information content (AvgIpc) is 2.07. The lowest BCUT2D eigenvalue weighted by atomic mass is 10.2. The van der Waals surface area contributed by atoms with E-state index in [0.717, 1.165) is 0 Å². The smallest absolute Gasteiger partial charge is 0.258 e. The van der Waals surface area contributed by atoms with E-state index in [4.69, 9.17) is 23.2 Å². The molecule has 13 heavy (non-hydrogen) atoms. The molecule has 1 aromatic heterocycles. The molecule has 0 spiro atoms. The highest BCUT2D eigenvalue weighted by molar-refractivity contribution is 6.34. The lowest BCUT2D eigenvalue weighted by Gasteiger charge is -2.02. The molecular formula is C7H6Cl2N2O2. The molecule has 1 heterocycles. The summed E-state index contributed by atoms with van der Waals surface area (Å²) in [6, 6.07) is 0. The molecule has 4 nitrogen and oxygen atoms in total. The van der Waals surface area contributed by atoms with E-state index in [1.54, 1.807) is 6.92 Å². The molecule has 0 radical (unpaired) electrons. The first-order chi connectivity index (χ1) is 6.07. The van der Waals surface area contributed by atoms with Crippen molar-refractivity contribution in [2.75, 3.05) is 0 Å². The summed E-state index contributed by atoms with van der Waals surface area (Å²) < 4.78 is 0. The van der Waals surface area contributed by atoms with Gasteiger partial charge in [-0.25, -0.2) is 4.98 Å². The van der Waals surface area contributed by atoms with Gasteiger partial charge in [-0.05, 0) is 6.42 Å². The first kappa shape index (κ1) is 10.2. The number of pyridine rings is 1. The van der Waals surface area contributed by atoms with Gasteiger partial charge in [0.1, 0.15) is 0 Å². The number of halogens is 2. The molecule has 1 aromatic rings. The molecule has 70 valence electrons. The van der Waals surface area contributed by atoms with Crippen LogP contribution in [0.15, 0.2) is 6.20 Å². The SMILES string of the molecule is CCc1c(Cl)cnc(Cl)c1[N+](=O)[O-]. The summed E-state index contributed by atoms with van der Waals surface area (Å²) in [6.07, 6.45) is 1.77. The van der Waals surface area contributed by atoms with Crippen LogP contribution in [-0.2, 0) is 6.42 Å². The Labute approximate surface area is 84.6 Å². The average molecular weight is 221 g/mol. The maximum Gasteiger partial charge on any atom is 0.311 e. The Morgan fingerprint density at radius 2 is 2.23 bits per heavy atom. The Kier molecular flexibility index (Phi) is 3.06. The van der Waals surface area contributed by atoms with Gasteiger partial charge in [0, 0.05) is 6.20 Å². The van der Waals surface area contributed by atoms with Crippen LogP contribution in [0.3, 0.4) is 0 Å². The highest BCUT2D eigenvalue weighted by atomic mass is 35.5. The predicted molar refractivity (Wildman–Crippen MR) is 50.3 cm³/mol. The van der Waals surface area contributed by atoms with E-state index in [0.29, 0.717) is 12.0 Å². The zero-order chi connectivity index (χ0) is 10.0. The number of nitrogens with zero attached hydrogens (tertiary/aromatic N) is 2. The monoisotopic (exact) mass is 220 g/mol. The zero-order valence-electron chi connectivity index (χ0n) is 6.75. The number of rotatable bonds is 2. The Bertz CT molecular complexity index is 355. The van der Waals surface area contributed by atoms with Crippen molar-refractivity contribution in [3.8, 4) is 0 Å². The van der Waals surface area contributed by atoms with Crippen LogP contribution in [0.4, 0.5) is 5.69 Å². The standard InChI is InChI=1S/C7H6Cl2N2O2/c1-2-4-5(8)3-10-7(9)6(4)11(12)13/h3H,2H2,1H3. The number of nitro groups is 1. The second-order valence-electron chi connectivity index (χ2n) is 2.33. The summed E-state index contributed by atoms with van der Waals surface area (Å²) in [4.78, 5) is 13.6. The van der Waals surface area contributed by atoms with Gasteiger partial charge in [0.05, 0.1) is 15.5 Å². The second-order valence-corrected chi connectivity index (χ2v) is 3.10. The molecule has 0 atom stereocenters. The van der Waals surface area contributed by atoms with Crippen molar-refractivity contribution in [3.05, 3.63) is 32.1 Å². The molecule has 0 unspecified atom stereocenters. The molecule has 0 aliphatic carbocycles. The molecule has 0 aromatic carbocycles. The van der Waals surface area contributed by atoms with Gasteiger partial charge in [-0.15, -0.1) is 0 Å². The molecular weight excluding hydrogens is 215 g/mol. The quantitative estimate of drug-likeness (QED) is 0.438. The van der Waals surface area contributed by atoms with Crippen LogP contribution in [-0.4, -0.2) is 9.91 Å². The lowest BCUT2D eigenvalue weighted by Crippen LogP contribution is -1.97. The normalized spacial score (nSPS) is 10.1. The van der Waals surface area contributed by atoms with Crippen LogP contribution in [0.1, 0.15) is 12.5 Å². The first-order valence-electron chi connectivity index (χ1n) is 3.55. The van der Waals surface area contributed by atoms with Gasteiger partial charge in [-0.1, -0.05) is 30.1 Å². The largest absolute Gasteiger partial charge is 0.311 e. The molecule has 0 fully saturated rings. The van der Waals surface area contributed by atoms with Crippen molar-refractivity contribution in [2.24, 2.45) is 0 Å². The minimum atomic E-state index is -0.569. The van der Waals surface area contributed by atoms with Crippen molar-refractivity contribution in [3.63, 3.8) is 0 Å². The summed E-state index contributed by atoms with van der Waals surface area (Å²) >= 11 is 11.3. The molecule has 0 N–H and O–H groups in total. The third-order valence-corrected chi connectivity index (χ3v) is 2.20. The summed E-state index contributed by atoms with van der Waals surface area (Å²) in [5, 5.41) is 10.7. The van der Waals surface area contributed by atoms with Crippen molar-refractivity contribution in [1.29, 1.82) is 0 Å². The molecule has 0 aliphatic rings. The fourth-order valence-corrected chi connectivity index (χ4v) is 1.52. The fourth-order valence-electron chi connectivity index (χ4n) is 1.01. The predicted octanol–water partition coefficient (Wildman–Crippen LogP) is 2.86. The topological polar surface area (TPSA) is 56.0 Å². The summed E-state index contributed by atoms with van der Waals surface area (Å²) in [7, 11) is 0. The Morgan fingerprint density at radius 1 is 1.62 bits per heavy atom. The second kappa shape index (κ2) is 3.89. The van der Waals surface area contributed by atoms with Gasteiger partial charge in [0.15, 0.2) is 0 Å². The van der Waals surface area contributed by atoms with Gasteiger partial charge in [-0.3, -0.25) is 10.1 Å². The van der Waals surface area contributed by atoms with Gasteiger partial charge in [0.2, 0.25) is 5.15 Å². The van der Waals surface area contributed by atoms with E-state index in [2.05, 4.69) is 4.98 Å². The van der Waals surface area contributed by atoms with E-state index in [1.165, 1.54) is 6.20 Å². The fraction of sp³-hybridized carbons (Fsp3) is 0.286. The molecule has 0 aliphatic heterocycles. The van der Waals surface area contributed by atoms with Crippen molar-refractivity contribution >= 4 is 28.9 Å². The number of aromatic nitrogens is 1. The van der Waals surface area contributed by atoms with Crippen LogP contribution in [0.5, 0.6) is 0 Å². The highest BCUT2D eigenvalue weighted by Gasteiger charge is 2.21. The van der Waals surface area contributed by atoms with Crippen LogP contribution in [0, 0.1) is 10.1 Å². The van der Waals surface area contributed by atoms with E-state index in [1.807, 2.05) is 0 Å². The van der Waals surface area contributed by atoms with Crippen LogP contribution < -0.4 is 0 Å². The molecule has 1 rings (SSSR count). The molecule has 0 amide bonds. The maximum absolute atomic E-state index is 10.6. The summed E-state index contributed by atoms with van der Waals surface area (Å²) in [6.45, 7) is 1.77. The Hall–Kier alpha value is -0.870. The third-order valence-electron chi connectivity index (χ3n) is 1.60. The van der Waals surface area contributed by atoms with Gasteiger partial charge in [0.25, 0.3) is 0 Å². The Balaban J connectivity index is 3.43. The van der Waals surface area contributed by atoms with Crippen molar-refractivity contribution in [1.82, 2.24) is 4.98 Å². The van der Waals surface area contributed by atoms with E-state index in [9.17, 15) is 10.1 Å². The minimum absolute atomic E-state index is 0.119. The molecule has 6 heteroatoms. The van der Waals surface area contributed by atoms with E-state index >= 15 is 0 Å². The van der Waals surface area contributed by atoms with Crippen molar-refractivity contribution in [2.45, 2.75) is 13.3 Å². The van der Waals surface area contributed by atoms with Gasteiger partial charge >= 0.3 is 5.69 Å². The van der Waals surface area contributed by atoms with Crippen molar-refractivity contribution < 1.29 is 4.92 Å². The van der Waals surface area contributed by atoms with Crippen LogP contribution >= 0.6 is 23.2 Å². The van der Waals surface area contributed by atoms with E-state index in [-0.39, 0.29) is 15.9 Å². The molecule has 0 saturated carbocycles. The number of hydrogen-bond donors (Lipinski definition) is 0. The Morgan fingerprint density at radius 3 is 2.62 bits per heavy atom. The minimum Gasteiger partial charge on any atom is -0.258 e. The first-order valence-corrected chi connectivity index (χ1v) is 4.30. The van der Waals surface area contributed by atoms with E-state index < -0.39 is 4.92 Å².